The first kappa shape index (κ1) is 11.9. The van der Waals surface area contributed by atoms with Gasteiger partial charge in [-0.3, -0.25) is 9.59 Å². The molecule has 4 nitrogen and oxygen atoms in total. The summed E-state index contributed by atoms with van der Waals surface area (Å²) < 4.78 is 9.98. The van der Waals surface area contributed by atoms with Crippen molar-refractivity contribution in [1.29, 1.82) is 0 Å². The van der Waals surface area contributed by atoms with E-state index in [9.17, 15) is 9.59 Å². The lowest BCUT2D eigenvalue weighted by Gasteiger charge is -2.29. The number of methoxy groups -OCH3 is 1. The second-order valence-corrected chi connectivity index (χ2v) is 4.51. The number of hydrogen-bond donors (Lipinski definition) is 0. The van der Waals surface area contributed by atoms with Gasteiger partial charge in [-0.25, -0.2) is 0 Å². The van der Waals surface area contributed by atoms with Gasteiger partial charge in [-0.15, -0.1) is 6.58 Å². The summed E-state index contributed by atoms with van der Waals surface area (Å²) >= 11 is 0. The summed E-state index contributed by atoms with van der Waals surface area (Å²) in [5.41, 5.74) is -0.460. The molecule has 0 aromatic carbocycles. The number of carbonyl (C=O) groups is 2. The first-order valence-corrected chi connectivity index (χ1v) is 5.71. The van der Waals surface area contributed by atoms with Crippen LogP contribution >= 0.6 is 0 Å². The fourth-order valence-corrected chi connectivity index (χ4v) is 2.79. The molecule has 0 unspecified atom stereocenters. The van der Waals surface area contributed by atoms with Crippen LogP contribution in [0.5, 0.6) is 0 Å². The lowest BCUT2D eigenvalue weighted by atomic mass is 9.70. The minimum atomic E-state index is -0.799. The fraction of sp³-hybridized carbons (Fsp3) is 0.538. The number of esters is 2. The topological polar surface area (TPSA) is 52.6 Å². The van der Waals surface area contributed by atoms with E-state index in [1.807, 2.05) is 12.2 Å². The molecule has 1 aliphatic heterocycles. The number of hydrogen-bond acceptors (Lipinski definition) is 4. The molecular formula is C13H16O4. The predicted octanol–water partition coefficient (Wildman–Crippen LogP) is 1.61. The van der Waals surface area contributed by atoms with E-state index in [0.29, 0.717) is 12.8 Å². The summed E-state index contributed by atoms with van der Waals surface area (Å²) in [5, 5.41) is 0. The molecule has 0 saturated carbocycles. The predicted molar refractivity (Wildman–Crippen MR) is 61.0 cm³/mol. The smallest absolute Gasteiger partial charge is 0.321 e. The Hall–Kier alpha value is -1.58. The molecule has 17 heavy (non-hydrogen) atoms. The zero-order valence-electron chi connectivity index (χ0n) is 9.85. The lowest BCUT2D eigenvalue weighted by molar-refractivity contribution is -0.156. The summed E-state index contributed by atoms with van der Waals surface area (Å²) in [7, 11) is 1.30. The van der Waals surface area contributed by atoms with E-state index in [0.717, 1.165) is 6.42 Å². The molecule has 92 valence electrons. The maximum atomic E-state index is 11.8. The quantitative estimate of drug-likeness (QED) is 0.423. The van der Waals surface area contributed by atoms with Crippen molar-refractivity contribution in [1.82, 2.24) is 0 Å². The minimum Gasteiger partial charge on any atom is -0.468 e. The molecule has 0 radical (unpaired) electrons. The highest BCUT2D eigenvalue weighted by Gasteiger charge is 2.60. The average molecular weight is 236 g/mol. The minimum absolute atomic E-state index is 0.293. The number of ether oxygens (including phenoxy) is 2. The highest BCUT2D eigenvalue weighted by atomic mass is 16.6. The summed E-state index contributed by atoms with van der Waals surface area (Å²) in [6.07, 6.45) is 7.47. The molecule has 3 atom stereocenters. The van der Waals surface area contributed by atoms with Gasteiger partial charge in [0.25, 0.3) is 0 Å². The van der Waals surface area contributed by atoms with E-state index in [-0.39, 0.29) is 6.10 Å². The largest absolute Gasteiger partial charge is 0.468 e. The van der Waals surface area contributed by atoms with E-state index in [4.69, 9.17) is 9.47 Å². The summed E-state index contributed by atoms with van der Waals surface area (Å²) in [6, 6.07) is 0. The third-order valence-electron chi connectivity index (χ3n) is 3.68. The van der Waals surface area contributed by atoms with E-state index in [2.05, 4.69) is 6.58 Å². The van der Waals surface area contributed by atoms with Gasteiger partial charge in [-0.1, -0.05) is 12.2 Å². The van der Waals surface area contributed by atoms with Gasteiger partial charge in [0.05, 0.1) is 7.11 Å². The number of carbonyl (C=O) groups excluding carboxylic acids is 2. The van der Waals surface area contributed by atoms with Crippen molar-refractivity contribution in [3.05, 3.63) is 24.8 Å². The van der Waals surface area contributed by atoms with E-state index in [1.54, 1.807) is 6.08 Å². The van der Waals surface area contributed by atoms with Crippen molar-refractivity contribution in [2.24, 2.45) is 11.3 Å². The van der Waals surface area contributed by atoms with Gasteiger partial charge in [0.15, 0.2) is 5.92 Å². The molecule has 0 aromatic rings. The van der Waals surface area contributed by atoms with Gasteiger partial charge >= 0.3 is 11.9 Å². The molecule has 4 heteroatoms. The molecule has 0 aromatic heterocycles. The molecule has 1 heterocycles. The Bertz CT molecular complexity index is 385. The van der Waals surface area contributed by atoms with Crippen LogP contribution in [0, 0.1) is 11.3 Å². The maximum absolute atomic E-state index is 11.8. The molecule has 2 aliphatic rings. The highest BCUT2D eigenvalue weighted by molar-refractivity contribution is 5.98. The van der Waals surface area contributed by atoms with Crippen LogP contribution in [0.1, 0.15) is 19.3 Å². The van der Waals surface area contributed by atoms with Crippen LogP contribution < -0.4 is 0 Å². The number of rotatable bonds is 4. The Morgan fingerprint density at radius 2 is 2.53 bits per heavy atom. The highest BCUT2D eigenvalue weighted by Crippen LogP contribution is 2.51. The van der Waals surface area contributed by atoms with Crippen LogP contribution in [0.15, 0.2) is 24.8 Å². The molecule has 2 rings (SSSR count). The lowest BCUT2D eigenvalue weighted by Crippen LogP contribution is -2.38. The van der Waals surface area contributed by atoms with Gasteiger partial charge < -0.3 is 9.47 Å². The van der Waals surface area contributed by atoms with Gasteiger partial charge in [0, 0.05) is 5.41 Å². The van der Waals surface area contributed by atoms with Crippen molar-refractivity contribution in [3.63, 3.8) is 0 Å². The number of allylic oxidation sites excluding steroid dienone is 2. The number of fused-ring (bicyclic) bond motifs is 1. The zero-order valence-corrected chi connectivity index (χ0v) is 9.85. The van der Waals surface area contributed by atoms with Gasteiger partial charge in [-0.2, -0.15) is 0 Å². The zero-order chi connectivity index (χ0) is 12.5. The first-order chi connectivity index (χ1) is 8.15. The Morgan fingerprint density at radius 3 is 3.18 bits per heavy atom. The molecule has 0 spiro atoms. The molecular weight excluding hydrogens is 220 g/mol. The van der Waals surface area contributed by atoms with Crippen LogP contribution in [-0.4, -0.2) is 25.2 Å². The Balaban J connectivity index is 2.31. The van der Waals surface area contributed by atoms with Crippen LogP contribution in [0.4, 0.5) is 0 Å². The van der Waals surface area contributed by atoms with Gasteiger partial charge in [0.1, 0.15) is 6.10 Å². The molecule has 1 saturated heterocycles. The Labute approximate surface area is 100 Å². The Kier molecular flexibility index (Phi) is 3.05. The van der Waals surface area contributed by atoms with E-state index < -0.39 is 23.3 Å². The van der Waals surface area contributed by atoms with Crippen molar-refractivity contribution in [2.75, 3.05) is 7.11 Å². The SMILES string of the molecule is C=CCC[C@@]12CC=C[C@@H]1OC(=O)[C@@H]2C(=O)OC. The summed E-state index contributed by atoms with van der Waals surface area (Å²) in [5.74, 6) is -1.76. The maximum Gasteiger partial charge on any atom is 0.321 e. The van der Waals surface area contributed by atoms with Crippen LogP contribution in [0.2, 0.25) is 0 Å². The molecule has 0 bridgehead atoms. The molecule has 0 amide bonds. The summed E-state index contributed by atoms with van der Waals surface area (Å²) in [6.45, 7) is 3.68. The molecule has 1 fully saturated rings. The van der Waals surface area contributed by atoms with Crippen LogP contribution in [-0.2, 0) is 19.1 Å². The third-order valence-corrected chi connectivity index (χ3v) is 3.68. The van der Waals surface area contributed by atoms with E-state index >= 15 is 0 Å². The fourth-order valence-electron chi connectivity index (χ4n) is 2.79. The van der Waals surface area contributed by atoms with Crippen molar-refractivity contribution < 1.29 is 19.1 Å². The average Bonchev–Trinajstić information content (AvgIpc) is 2.80. The third kappa shape index (κ3) is 1.68. The normalized spacial score (nSPS) is 34.3. The van der Waals surface area contributed by atoms with Crippen LogP contribution in [0.25, 0.3) is 0 Å². The molecule has 0 N–H and O–H groups in total. The Morgan fingerprint density at radius 1 is 1.76 bits per heavy atom. The standard InChI is InChI=1S/C13H16O4/c1-3-4-7-13-8-5-6-9(13)17-12(15)10(13)11(14)16-2/h3,5-6,9-10H,1,4,7-8H2,2H3/t9-,10-,13+/m0/s1. The van der Waals surface area contributed by atoms with E-state index in [1.165, 1.54) is 7.11 Å². The first-order valence-electron chi connectivity index (χ1n) is 5.71. The second kappa shape index (κ2) is 4.35. The second-order valence-electron chi connectivity index (χ2n) is 4.51. The van der Waals surface area contributed by atoms with Crippen molar-refractivity contribution in [2.45, 2.75) is 25.4 Å². The monoisotopic (exact) mass is 236 g/mol. The van der Waals surface area contributed by atoms with Gasteiger partial charge in [-0.05, 0) is 25.3 Å². The van der Waals surface area contributed by atoms with Crippen molar-refractivity contribution in [3.8, 4) is 0 Å². The summed E-state index contributed by atoms with van der Waals surface area (Å²) in [4.78, 5) is 23.5. The van der Waals surface area contributed by atoms with Crippen LogP contribution in [0.3, 0.4) is 0 Å². The van der Waals surface area contributed by atoms with Gasteiger partial charge in [0.2, 0.25) is 0 Å². The van der Waals surface area contributed by atoms with Crippen molar-refractivity contribution >= 4 is 11.9 Å². The molecule has 1 aliphatic carbocycles.